The van der Waals surface area contributed by atoms with E-state index in [9.17, 15) is 4.79 Å². The fraction of sp³-hybridized carbons (Fsp3) is 0.750. The van der Waals surface area contributed by atoms with E-state index in [2.05, 4.69) is 21.1 Å². The molecule has 0 aliphatic carbocycles. The van der Waals surface area contributed by atoms with Crippen LogP contribution in [0.2, 0.25) is 0 Å². The number of methoxy groups -OCH3 is 1. The summed E-state index contributed by atoms with van der Waals surface area (Å²) < 4.78 is 4.80. The summed E-state index contributed by atoms with van der Waals surface area (Å²) in [6.07, 6.45) is 0. The number of carbonyl (C=O) groups excluding carboxylic acids is 1. The van der Waals surface area contributed by atoms with Crippen LogP contribution in [0.1, 0.15) is 6.92 Å². The Hall–Kier alpha value is -1.34. The Morgan fingerprint density at radius 3 is 2.73 bits per heavy atom. The molecule has 0 aromatic carbocycles. The number of guanidine groups is 1. The van der Waals surface area contributed by atoms with Gasteiger partial charge in [-0.05, 0) is 6.92 Å². The lowest BCUT2D eigenvalue weighted by Gasteiger charge is -2.15. The zero-order chi connectivity index (χ0) is 11.7. The summed E-state index contributed by atoms with van der Waals surface area (Å²) in [7, 11) is 3.14. The van der Waals surface area contributed by atoms with Gasteiger partial charge in [-0.2, -0.15) is 0 Å². The van der Waals surface area contributed by atoms with Gasteiger partial charge in [0.05, 0.1) is 6.61 Å². The number of ether oxygens (including phenoxy) is 1. The molecule has 0 spiro atoms. The second kappa shape index (κ2) is 8.01. The summed E-state index contributed by atoms with van der Waals surface area (Å²) in [6.45, 7) is 2.68. The standard InChI is InChI=1S/C8H19N5O2/c1-6(12-8(10-2)13-9)7(14)11-4-5-15-3/h6H,4-5,9H2,1-3H3,(H,11,14)(H2,10,12,13). The van der Waals surface area contributed by atoms with E-state index in [1.165, 1.54) is 0 Å². The highest BCUT2D eigenvalue weighted by Crippen LogP contribution is 1.81. The van der Waals surface area contributed by atoms with Crippen LogP contribution < -0.4 is 21.9 Å². The molecule has 15 heavy (non-hydrogen) atoms. The second-order valence-electron chi connectivity index (χ2n) is 2.87. The van der Waals surface area contributed by atoms with E-state index in [-0.39, 0.29) is 5.91 Å². The van der Waals surface area contributed by atoms with Gasteiger partial charge in [0.2, 0.25) is 11.9 Å². The molecule has 0 bridgehead atoms. The zero-order valence-corrected chi connectivity index (χ0v) is 9.33. The Balaban J connectivity index is 3.88. The molecule has 1 atom stereocenters. The zero-order valence-electron chi connectivity index (χ0n) is 9.33. The lowest BCUT2D eigenvalue weighted by atomic mass is 10.3. The molecule has 1 amide bonds. The van der Waals surface area contributed by atoms with Crippen LogP contribution in [0.4, 0.5) is 0 Å². The summed E-state index contributed by atoms with van der Waals surface area (Å²) in [5.41, 5.74) is 2.34. The van der Waals surface area contributed by atoms with Crippen LogP contribution in [-0.4, -0.2) is 45.2 Å². The molecule has 0 rings (SSSR count). The van der Waals surface area contributed by atoms with Crippen molar-refractivity contribution in [3.63, 3.8) is 0 Å². The van der Waals surface area contributed by atoms with E-state index in [4.69, 9.17) is 10.6 Å². The van der Waals surface area contributed by atoms with Crippen LogP contribution in [0, 0.1) is 0 Å². The van der Waals surface area contributed by atoms with Crippen LogP contribution in [-0.2, 0) is 9.53 Å². The number of hydrazine groups is 1. The maximum Gasteiger partial charge on any atom is 0.242 e. The van der Waals surface area contributed by atoms with E-state index >= 15 is 0 Å². The SMILES string of the molecule is CN=C(NN)NC(C)C(=O)NCCOC. The van der Waals surface area contributed by atoms with Crippen LogP contribution in [0.25, 0.3) is 0 Å². The van der Waals surface area contributed by atoms with Gasteiger partial charge in [0.15, 0.2) is 0 Å². The van der Waals surface area contributed by atoms with Gasteiger partial charge >= 0.3 is 0 Å². The number of aliphatic imine (C=N–C) groups is 1. The van der Waals surface area contributed by atoms with Gasteiger partial charge in [0, 0.05) is 20.7 Å². The number of nitrogens with one attached hydrogen (secondary N) is 3. The predicted molar refractivity (Wildman–Crippen MR) is 58.2 cm³/mol. The molecular weight excluding hydrogens is 198 g/mol. The number of nitrogens with two attached hydrogens (primary N) is 1. The third-order valence-corrected chi connectivity index (χ3v) is 1.71. The van der Waals surface area contributed by atoms with Gasteiger partial charge in [-0.3, -0.25) is 15.2 Å². The summed E-state index contributed by atoms with van der Waals surface area (Å²) in [6, 6.07) is -0.406. The van der Waals surface area contributed by atoms with Gasteiger partial charge in [-0.1, -0.05) is 0 Å². The molecule has 0 saturated carbocycles. The molecule has 1 unspecified atom stereocenters. The second-order valence-corrected chi connectivity index (χ2v) is 2.87. The minimum absolute atomic E-state index is 0.136. The number of hydrogen-bond acceptors (Lipinski definition) is 4. The Kier molecular flexibility index (Phi) is 7.29. The van der Waals surface area contributed by atoms with Crippen LogP contribution in [0.3, 0.4) is 0 Å². The molecule has 0 aliphatic heterocycles. The molecule has 0 fully saturated rings. The molecule has 0 aromatic heterocycles. The number of nitrogens with zero attached hydrogens (tertiary/aromatic N) is 1. The number of hydrogen-bond donors (Lipinski definition) is 4. The van der Waals surface area contributed by atoms with Crippen LogP contribution in [0.15, 0.2) is 4.99 Å². The fourth-order valence-corrected chi connectivity index (χ4v) is 0.871. The highest BCUT2D eigenvalue weighted by Gasteiger charge is 2.12. The minimum Gasteiger partial charge on any atom is -0.383 e. The first kappa shape index (κ1) is 13.7. The maximum atomic E-state index is 11.4. The summed E-state index contributed by atoms with van der Waals surface area (Å²) >= 11 is 0. The first-order chi connectivity index (χ1) is 7.15. The molecule has 0 saturated heterocycles. The van der Waals surface area contributed by atoms with Crippen molar-refractivity contribution < 1.29 is 9.53 Å². The first-order valence-electron chi connectivity index (χ1n) is 4.62. The molecule has 0 heterocycles. The Morgan fingerprint density at radius 2 is 2.27 bits per heavy atom. The third kappa shape index (κ3) is 5.87. The number of carbonyl (C=O) groups is 1. The lowest BCUT2D eigenvalue weighted by Crippen LogP contribution is -2.51. The summed E-state index contributed by atoms with van der Waals surface area (Å²) in [5.74, 6) is 5.39. The van der Waals surface area contributed by atoms with Crippen LogP contribution >= 0.6 is 0 Å². The van der Waals surface area contributed by atoms with Crippen molar-refractivity contribution in [2.75, 3.05) is 27.3 Å². The normalized spacial score (nSPS) is 13.2. The third-order valence-electron chi connectivity index (χ3n) is 1.71. The van der Waals surface area contributed by atoms with Gasteiger partial charge < -0.3 is 15.4 Å². The highest BCUT2D eigenvalue weighted by atomic mass is 16.5. The van der Waals surface area contributed by atoms with Gasteiger partial charge in [-0.25, -0.2) is 5.84 Å². The minimum atomic E-state index is -0.406. The van der Waals surface area contributed by atoms with Crippen molar-refractivity contribution in [1.29, 1.82) is 0 Å². The molecule has 5 N–H and O–H groups in total. The maximum absolute atomic E-state index is 11.4. The smallest absolute Gasteiger partial charge is 0.242 e. The van der Waals surface area contributed by atoms with Crippen molar-refractivity contribution in [1.82, 2.24) is 16.1 Å². The molecule has 7 nitrogen and oxygen atoms in total. The van der Waals surface area contributed by atoms with Crippen molar-refractivity contribution in [2.45, 2.75) is 13.0 Å². The molecule has 0 aliphatic rings. The van der Waals surface area contributed by atoms with E-state index in [0.717, 1.165) is 0 Å². The monoisotopic (exact) mass is 217 g/mol. The largest absolute Gasteiger partial charge is 0.383 e. The lowest BCUT2D eigenvalue weighted by molar-refractivity contribution is -0.122. The van der Waals surface area contributed by atoms with E-state index < -0.39 is 6.04 Å². The van der Waals surface area contributed by atoms with Crippen molar-refractivity contribution >= 4 is 11.9 Å². The Morgan fingerprint density at radius 1 is 1.60 bits per heavy atom. The average molecular weight is 217 g/mol. The summed E-state index contributed by atoms with van der Waals surface area (Å²) in [5, 5.41) is 5.49. The summed E-state index contributed by atoms with van der Waals surface area (Å²) in [4.78, 5) is 15.2. The number of amides is 1. The van der Waals surface area contributed by atoms with Gasteiger partial charge in [0.25, 0.3) is 0 Å². The van der Waals surface area contributed by atoms with E-state index in [1.807, 2.05) is 0 Å². The quantitative estimate of drug-likeness (QED) is 0.143. The highest BCUT2D eigenvalue weighted by molar-refractivity contribution is 5.88. The van der Waals surface area contributed by atoms with Crippen LogP contribution in [0.5, 0.6) is 0 Å². The van der Waals surface area contributed by atoms with Crippen molar-refractivity contribution in [3.05, 3.63) is 0 Å². The van der Waals surface area contributed by atoms with E-state index in [1.54, 1.807) is 21.1 Å². The molecular formula is C8H19N5O2. The number of rotatable bonds is 5. The van der Waals surface area contributed by atoms with Crippen molar-refractivity contribution in [3.8, 4) is 0 Å². The Labute approximate surface area is 89.4 Å². The first-order valence-corrected chi connectivity index (χ1v) is 4.62. The predicted octanol–water partition coefficient (Wildman–Crippen LogP) is -1.82. The Bertz CT molecular complexity index is 219. The molecule has 0 radical (unpaired) electrons. The van der Waals surface area contributed by atoms with Gasteiger partial charge in [0.1, 0.15) is 6.04 Å². The molecule has 88 valence electrons. The van der Waals surface area contributed by atoms with Gasteiger partial charge in [-0.15, -0.1) is 0 Å². The topological polar surface area (TPSA) is 101 Å². The average Bonchev–Trinajstić information content (AvgIpc) is 2.25. The van der Waals surface area contributed by atoms with E-state index in [0.29, 0.717) is 19.1 Å². The molecule has 7 heteroatoms. The van der Waals surface area contributed by atoms with Crippen molar-refractivity contribution in [2.24, 2.45) is 10.8 Å². The molecule has 0 aromatic rings. The fourth-order valence-electron chi connectivity index (χ4n) is 0.871.